The van der Waals surface area contributed by atoms with Gasteiger partial charge in [0.05, 0.1) is 5.01 Å². The number of aromatic nitrogens is 1. The normalized spacial score (nSPS) is 17.4. The Morgan fingerprint density at radius 2 is 2.25 bits per heavy atom. The van der Waals surface area contributed by atoms with E-state index in [1.165, 1.54) is 0 Å². The first-order valence-corrected chi connectivity index (χ1v) is 6.25. The molecule has 0 saturated carbocycles. The molecule has 86 valence electrons. The lowest BCUT2D eigenvalue weighted by atomic mass is 9.97. The molecule has 0 aromatic carbocycles. The maximum atomic E-state index is 11.2. The van der Waals surface area contributed by atoms with E-state index < -0.39 is 0 Å². The van der Waals surface area contributed by atoms with Crippen LogP contribution in [0.15, 0.2) is 5.38 Å². The van der Waals surface area contributed by atoms with Crippen LogP contribution in [-0.4, -0.2) is 35.2 Å². The molecule has 0 N–H and O–H groups in total. The number of carbonyl (C=O) groups is 2. The first kappa shape index (κ1) is 11.3. The van der Waals surface area contributed by atoms with Crippen LogP contribution in [0.4, 0.5) is 0 Å². The van der Waals surface area contributed by atoms with Crippen molar-refractivity contribution in [2.45, 2.75) is 25.7 Å². The van der Waals surface area contributed by atoms with Gasteiger partial charge in [-0.3, -0.25) is 9.59 Å². The number of hydrogen-bond donors (Lipinski definition) is 0. The minimum Gasteiger partial charge on any atom is -0.343 e. The smallest absolute Gasteiger partial charge is 0.219 e. The molecule has 0 radical (unpaired) electrons. The first-order chi connectivity index (χ1) is 7.70. The number of aldehydes is 1. The maximum Gasteiger partial charge on any atom is 0.219 e. The summed E-state index contributed by atoms with van der Waals surface area (Å²) < 4.78 is 0. The van der Waals surface area contributed by atoms with Gasteiger partial charge in [-0.25, -0.2) is 4.98 Å². The Bertz CT molecular complexity index is 394. The lowest BCUT2D eigenvalue weighted by molar-refractivity contribution is -0.129. The molecule has 5 heteroatoms. The highest BCUT2D eigenvalue weighted by atomic mass is 32.1. The Hall–Kier alpha value is -1.23. The Labute approximate surface area is 98.3 Å². The Kier molecular flexibility index (Phi) is 3.33. The number of rotatable bonds is 2. The van der Waals surface area contributed by atoms with Gasteiger partial charge in [0.25, 0.3) is 0 Å². The molecule has 4 nitrogen and oxygen atoms in total. The second-order valence-electron chi connectivity index (χ2n) is 4.01. The van der Waals surface area contributed by atoms with E-state index in [0.29, 0.717) is 11.6 Å². The van der Waals surface area contributed by atoms with Crippen molar-refractivity contribution in [1.82, 2.24) is 9.88 Å². The van der Waals surface area contributed by atoms with Crippen molar-refractivity contribution in [3.63, 3.8) is 0 Å². The van der Waals surface area contributed by atoms with E-state index in [1.807, 2.05) is 4.90 Å². The molecule has 1 aromatic heterocycles. The number of piperidine rings is 1. The second-order valence-corrected chi connectivity index (χ2v) is 4.90. The van der Waals surface area contributed by atoms with Gasteiger partial charge in [-0.05, 0) is 12.8 Å². The van der Waals surface area contributed by atoms with E-state index in [9.17, 15) is 9.59 Å². The molecule has 1 fully saturated rings. The number of carbonyl (C=O) groups excluding carboxylic acids is 2. The third kappa shape index (κ3) is 2.29. The summed E-state index contributed by atoms with van der Waals surface area (Å²) in [6.07, 6.45) is 2.68. The average Bonchev–Trinajstić information content (AvgIpc) is 2.77. The molecule has 1 saturated heterocycles. The Morgan fingerprint density at radius 3 is 2.75 bits per heavy atom. The summed E-state index contributed by atoms with van der Waals surface area (Å²) in [5.41, 5.74) is 0.522. The Balaban J connectivity index is 1.98. The van der Waals surface area contributed by atoms with Crippen LogP contribution in [0.2, 0.25) is 0 Å². The van der Waals surface area contributed by atoms with Crippen LogP contribution in [0, 0.1) is 0 Å². The van der Waals surface area contributed by atoms with Crippen molar-refractivity contribution >= 4 is 23.5 Å². The lowest BCUT2D eigenvalue weighted by Gasteiger charge is -2.30. The fourth-order valence-electron chi connectivity index (χ4n) is 1.98. The van der Waals surface area contributed by atoms with E-state index in [1.54, 1.807) is 23.6 Å². The van der Waals surface area contributed by atoms with Gasteiger partial charge in [0, 0.05) is 31.3 Å². The molecule has 2 heterocycles. The van der Waals surface area contributed by atoms with Crippen LogP contribution in [0.3, 0.4) is 0 Å². The number of likely N-dealkylation sites (tertiary alicyclic amines) is 1. The molecule has 2 rings (SSSR count). The minimum absolute atomic E-state index is 0.145. The van der Waals surface area contributed by atoms with Gasteiger partial charge < -0.3 is 4.90 Å². The molecular formula is C11H14N2O2S. The van der Waals surface area contributed by atoms with Gasteiger partial charge in [0.2, 0.25) is 5.91 Å². The van der Waals surface area contributed by atoms with Gasteiger partial charge in [-0.1, -0.05) is 0 Å². The van der Waals surface area contributed by atoms with E-state index in [4.69, 9.17) is 0 Å². The molecule has 0 spiro atoms. The minimum atomic E-state index is 0.145. The zero-order valence-electron chi connectivity index (χ0n) is 9.18. The second kappa shape index (κ2) is 4.74. The van der Waals surface area contributed by atoms with Crippen LogP contribution < -0.4 is 0 Å². The van der Waals surface area contributed by atoms with Gasteiger partial charge in [0.15, 0.2) is 6.29 Å². The van der Waals surface area contributed by atoms with Crippen LogP contribution in [-0.2, 0) is 4.79 Å². The molecule has 1 aliphatic heterocycles. The fraction of sp³-hybridized carbons (Fsp3) is 0.545. The molecule has 1 aromatic rings. The molecule has 16 heavy (non-hydrogen) atoms. The van der Waals surface area contributed by atoms with Crippen LogP contribution in [0.1, 0.15) is 41.2 Å². The number of hydrogen-bond acceptors (Lipinski definition) is 4. The van der Waals surface area contributed by atoms with Crippen molar-refractivity contribution in [3.05, 3.63) is 16.1 Å². The highest BCUT2D eigenvalue weighted by Crippen LogP contribution is 2.29. The van der Waals surface area contributed by atoms with E-state index in [-0.39, 0.29) is 5.91 Å². The molecule has 0 unspecified atom stereocenters. The number of amides is 1. The fourth-order valence-corrected chi connectivity index (χ4v) is 2.92. The molecule has 0 aliphatic carbocycles. The zero-order chi connectivity index (χ0) is 11.5. The summed E-state index contributed by atoms with van der Waals surface area (Å²) in [6, 6.07) is 0. The molecule has 1 amide bonds. The largest absolute Gasteiger partial charge is 0.343 e. The highest BCUT2D eigenvalue weighted by Gasteiger charge is 2.23. The Morgan fingerprint density at radius 1 is 1.56 bits per heavy atom. The highest BCUT2D eigenvalue weighted by molar-refractivity contribution is 7.09. The van der Waals surface area contributed by atoms with Gasteiger partial charge >= 0.3 is 0 Å². The molecular weight excluding hydrogens is 224 g/mol. The molecule has 1 aliphatic rings. The summed E-state index contributed by atoms with van der Waals surface area (Å²) in [5.74, 6) is 0.556. The molecule has 0 bridgehead atoms. The summed E-state index contributed by atoms with van der Waals surface area (Å²) >= 11 is 1.54. The number of thiazole rings is 1. The van der Waals surface area contributed by atoms with E-state index in [2.05, 4.69) is 4.98 Å². The first-order valence-electron chi connectivity index (χ1n) is 5.37. The maximum absolute atomic E-state index is 11.2. The summed E-state index contributed by atoms with van der Waals surface area (Å²) in [4.78, 5) is 27.8. The topological polar surface area (TPSA) is 50.3 Å². The third-order valence-corrected chi connectivity index (χ3v) is 3.98. The summed E-state index contributed by atoms with van der Waals surface area (Å²) in [7, 11) is 0. The monoisotopic (exact) mass is 238 g/mol. The lowest BCUT2D eigenvalue weighted by Crippen LogP contribution is -2.36. The van der Waals surface area contributed by atoms with Crippen molar-refractivity contribution in [3.8, 4) is 0 Å². The van der Waals surface area contributed by atoms with Crippen LogP contribution in [0.5, 0.6) is 0 Å². The molecule has 0 atom stereocenters. The average molecular weight is 238 g/mol. The van der Waals surface area contributed by atoms with E-state index in [0.717, 1.165) is 37.2 Å². The van der Waals surface area contributed by atoms with Gasteiger partial charge in [-0.15, -0.1) is 11.3 Å². The SMILES string of the molecule is CC(=O)N1CCC(c2nc(C=O)cs2)CC1. The predicted molar refractivity (Wildman–Crippen MR) is 61.7 cm³/mol. The van der Waals surface area contributed by atoms with Gasteiger partial charge in [0.1, 0.15) is 5.69 Å². The van der Waals surface area contributed by atoms with Crippen molar-refractivity contribution in [2.75, 3.05) is 13.1 Å². The summed E-state index contributed by atoms with van der Waals surface area (Å²) in [5, 5.41) is 2.82. The van der Waals surface area contributed by atoms with Crippen LogP contribution >= 0.6 is 11.3 Å². The standard InChI is InChI=1S/C11H14N2O2S/c1-8(15)13-4-2-9(3-5-13)11-12-10(6-14)7-16-11/h6-7,9H,2-5H2,1H3. The summed E-state index contributed by atoms with van der Waals surface area (Å²) in [6.45, 7) is 3.21. The predicted octanol–water partition coefficient (Wildman–Crippen LogP) is 1.68. The van der Waals surface area contributed by atoms with Crippen molar-refractivity contribution in [1.29, 1.82) is 0 Å². The number of nitrogens with zero attached hydrogens (tertiary/aromatic N) is 2. The van der Waals surface area contributed by atoms with E-state index >= 15 is 0 Å². The quantitative estimate of drug-likeness (QED) is 0.737. The van der Waals surface area contributed by atoms with Crippen LogP contribution in [0.25, 0.3) is 0 Å². The van der Waals surface area contributed by atoms with Gasteiger partial charge in [-0.2, -0.15) is 0 Å². The zero-order valence-corrected chi connectivity index (χ0v) is 10.00. The van der Waals surface area contributed by atoms with Crippen molar-refractivity contribution in [2.24, 2.45) is 0 Å². The van der Waals surface area contributed by atoms with Crippen molar-refractivity contribution < 1.29 is 9.59 Å². The third-order valence-electron chi connectivity index (χ3n) is 2.95.